The largest absolute Gasteiger partial charge is 0.371 e. The van der Waals surface area contributed by atoms with Gasteiger partial charge in [-0.05, 0) is 48.2 Å². The van der Waals surface area contributed by atoms with E-state index in [9.17, 15) is 9.18 Å². The molecule has 4 rings (SSSR count). The molecule has 2 fully saturated rings. The number of nitrogens with one attached hydrogen (secondary N) is 1. The summed E-state index contributed by atoms with van der Waals surface area (Å²) in [6, 6.07) is 10.7. The van der Waals surface area contributed by atoms with Crippen molar-refractivity contribution < 1.29 is 9.18 Å². The number of halogens is 1. The van der Waals surface area contributed by atoms with Crippen LogP contribution >= 0.6 is 0 Å². The molecule has 0 spiro atoms. The number of benzene rings is 1. The molecule has 1 aromatic carbocycles. The van der Waals surface area contributed by atoms with E-state index < -0.39 is 0 Å². The Bertz CT molecular complexity index is 793. The van der Waals surface area contributed by atoms with Crippen molar-refractivity contribution >= 4 is 11.7 Å². The number of hydrogen-bond donors (Lipinski definition) is 1. The molecule has 0 saturated carbocycles. The minimum Gasteiger partial charge on any atom is -0.371 e. The molecule has 1 aromatic heterocycles. The highest BCUT2D eigenvalue weighted by Crippen LogP contribution is 2.23. The van der Waals surface area contributed by atoms with E-state index in [0.717, 1.165) is 57.9 Å². The van der Waals surface area contributed by atoms with Crippen molar-refractivity contribution in [2.45, 2.75) is 13.0 Å². The monoisotopic (exact) mass is 397 g/mol. The van der Waals surface area contributed by atoms with Gasteiger partial charge in [-0.1, -0.05) is 6.07 Å². The lowest BCUT2D eigenvalue weighted by molar-refractivity contribution is 0.134. The lowest BCUT2D eigenvalue weighted by Crippen LogP contribution is -2.52. The Morgan fingerprint density at radius 3 is 2.62 bits per heavy atom. The second-order valence-corrected chi connectivity index (χ2v) is 7.89. The van der Waals surface area contributed by atoms with E-state index in [-0.39, 0.29) is 11.8 Å². The van der Waals surface area contributed by atoms with Crippen LogP contribution < -0.4 is 10.2 Å². The fourth-order valence-corrected chi connectivity index (χ4v) is 4.09. The maximum Gasteiger partial charge on any atom is 0.317 e. The van der Waals surface area contributed by atoms with Gasteiger partial charge in [0, 0.05) is 70.4 Å². The van der Waals surface area contributed by atoms with Crippen molar-refractivity contribution in [2.75, 3.05) is 50.7 Å². The predicted octanol–water partition coefficient (Wildman–Crippen LogP) is 2.57. The van der Waals surface area contributed by atoms with E-state index in [1.807, 2.05) is 29.3 Å². The van der Waals surface area contributed by atoms with Gasteiger partial charge in [0.25, 0.3) is 0 Å². The zero-order valence-electron chi connectivity index (χ0n) is 16.6. The minimum absolute atomic E-state index is 0.0336. The summed E-state index contributed by atoms with van der Waals surface area (Å²) in [4.78, 5) is 23.2. The van der Waals surface area contributed by atoms with Crippen LogP contribution in [-0.2, 0) is 6.54 Å². The van der Waals surface area contributed by atoms with Crippen molar-refractivity contribution in [1.29, 1.82) is 0 Å². The smallest absolute Gasteiger partial charge is 0.317 e. The van der Waals surface area contributed by atoms with E-state index in [4.69, 9.17) is 0 Å². The van der Waals surface area contributed by atoms with Gasteiger partial charge in [0.05, 0.1) is 0 Å². The van der Waals surface area contributed by atoms with Crippen LogP contribution in [0.15, 0.2) is 48.8 Å². The Kier molecular flexibility index (Phi) is 6.24. The molecule has 0 bridgehead atoms. The minimum atomic E-state index is -0.211. The van der Waals surface area contributed by atoms with Crippen LogP contribution in [0.4, 0.5) is 14.9 Å². The molecular weight excluding hydrogens is 369 g/mol. The fraction of sp³-hybridized carbons (Fsp3) is 0.455. The second kappa shape index (κ2) is 9.22. The number of carbonyl (C=O) groups is 1. The van der Waals surface area contributed by atoms with E-state index in [1.54, 1.807) is 6.20 Å². The molecule has 154 valence electrons. The molecule has 2 aromatic rings. The Hall–Kier alpha value is -2.67. The van der Waals surface area contributed by atoms with Crippen molar-refractivity contribution in [3.63, 3.8) is 0 Å². The maximum atomic E-state index is 13.1. The molecule has 29 heavy (non-hydrogen) atoms. The molecule has 0 radical (unpaired) electrons. The number of anilines is 1. The van der Waals surface area contributed by atoms with Gasteiger partial charge in [0.15, 0.2) is 0 Å². The third kappa shape index (κ3) is 5.23. The number of pyridine rings is 1. The van der Waals surface area contributed by atoms with E-state index in [2.05, 4.69) is 26.2 Å². The number of carbonyl (C=O) groups excluding carboxylic acids is 1. The van der Waals surface area contributed by atoms with Gasteiger partial charge in [-0.2, -0.15) is 0 Å². The van der Waals surface area contributed by atoms with Gasteiger partial charge in [0.2, 0.25) is 0 Å². The van der Waals surface area contributed by atoms with Crippen LogP contribution in [0.3, 0.4) is 0 Å². The highest BCUT2D eigenvalue weighted by molar-refractivity contribution is 5.74. The number of piperazine rings is 1. The Labute approximate surface area is 171 Å². The first-order chi connectivity index (χ1) is 14.2. The third-order valence-corrected chi connectivity index (χ3v) is 5.81. The summed E-state index contributed by atoms with van der Waals surface area (Å²) in [5, 5.41) is 3.11. The van der Waals surface area contributed by atoms with Gasteiger partial charge in [-0.25, -0.2) is 9.18 Å². The highest BCUT2D eigenvalue weighted by atomic mass is 19.1. The third-order valence-electron chi connectivity index (χ3n) is 5.81. The molecule has 2 aliphatic heterocycles. The summed E-state index contributed by atoms with van der Waals surface area (Å²) in [6.07, 6.45) is 4.72. The summed E-state index contributed by atoms with van der Waals surface area (Å²) >= 11 is 0. The normalized spacial score (nSPS) is 20.1. The Morgan fingerprint density at radius 1 is 1.10 bits per heavy atom. The lowest BCUT2D eigenvalue weighted by Gasteiger charge is -2.34. The first-order valence-electron chi connectivity index (χ1n) is 10.3. The van der Waals surface area contributed by atoms with Crippen LogP contribution in [0, 0.1) is 11.7 Å². The van der Waals surface area contributed by atoms with Crippen molar-refractivity contribution in [3.8, 4) is 0 Å². The molecule has 2 aliphatic rings. The number of amides is 2. The Morgan fingerprint density at radius 2 is 1.90 bits per heavy atom. The highest BCUT2D eigenvalue weighted by Gasteiger charge is 2.25. The van der Waals surface area contributed by atoms with Gasteiger partial charge >= 0.3 is 6.03 Å². The van der Waals surface area contributed by atoms with Crippen LogP contribution in [0.5, 0.6) is 0 Å². The van der Waals surface area contributed by atoms with Crippen molar-refractivity contribution in [3.05, 3.63) is 60.2 Å². The second-order valence-electron chi connectivity index (χ2n) is 7.89. The van der Waals surface area contributed by atoms with Crippen molar-refractivity contribution in [1.82, 2.24) is 20.1 Å². The SMILES string of the molecule is O=C(NCC1CCN(c2ccc(F)cc2)C1)N1CCN(Cc2cccnc2)CC1. The maximum absolute atomic E-state index is 13.1. The van der Waals surface area contributed by atoms with E-state index >= 15 is 0 Å². The lowest BCUT2D eigenvalue weighted by atomic mass is 10.1. The van der Waals surface area contributed by atoms with Crippen molar-refractivity contribution in [2.24, 2.45) is 5.92 Å². The molecule has 1 N–H and O–H groups in total. The zero-order chi connectivity index (χ0) is 20.1. The average Bonchev–Trinajstić information content (AvgIpc) is 3.23. The fourth-order valence-electron chi connectivity index (χ4n) is 4.09. The molecule has 6 nitrogen and oxygen atoms in total. The average molecular weight is 397 g/mol. The van der Waals surface area contributed by atoms with Gasteiger partial charge in [0.1, 0.15) is 5.82 Å². The predicted molar refractivity (Wildman–Crippen MR) is 111 cm³/mol. The summed E-state index contributed by atoms with van der Waals surface area (Å²) in [5.41, 5.74) is 2.25. The summed E-state index contributed by atoms with van der Waals surface area (Å²) in [5.74, 6) is 0.216. The van der Waals surface area contributed by atoms with Gasteiger partial charge < -0.3 is 15.1 Å². The van der Waals surface area contributed by atoms with Gasteiger partial charge in [-0.15, -0.1) is 0 Å². The molecule has 7 heteroatoms. The molecule has 1 atom stereocenters. The number of urea groups is 1. The molecule has 3 heterocycles. The number of aromatic nitrogens is 1. The molecule has 2 saturated heterocycles. The number of hydrogen-bond acceptors (Lipinski definition) is 4. The zero-order valence-corrected chi connectivity index (χ0v) is 16.6. The first-order valence-corrected chi connectivity index (χ1v) is 10.3. The standard InChI is InChI=1S/C22H28FN5O/c23-20-3-5-21(6-4-20)28-9-7-19(17-28)15-25-22(29)27-12-10-26(11-13-27)16-18-2-1-8-24-14-18/h1-6,8,14,19H,7,9-13,15-17H2,(H,25,29). The topological polar surface area (TPSA) is 51.7 Å². The molecule has 0 aliphatic carbocycles. The van der Waals surface area contributed by atoms with Crippen LogP contribution in [0.25, 0.3) is 0 Å². The molecule has 2 amide bonds. The quantitative estimate of drug-likeness (QED) is 0.843. The summed E-state index contributed by atoms with van der Waals surface area (Å²) < 4.78 is 13.1. The summed E-state index contributed by atoms with van der Waals surface area (Å²) in [6.45, 7) is 6.66. The number of rotatable bonds is 5. The number of nitrogens with zero attached hydrogens (tertiary/aromatic N) is 4. The molecular formula is C22H28FN5O. The first kappa shape index (κ1) is 19.6. The van der Waals surface area contributed by atoms with Crippen LogP contribution in [0.2, 0.25) is 0 Å². The Balaban J connectivity index is 1.17. The molecule has 1 unspecified atom stereocenters. The van der Waals surface area contributed by atoms with Crippen LogP contribution in [-0.4, -0.2) is 66.6 Å². The van der Waals surface area contributed by atoms with E-state index in [1.165, 1.54) is 17.7 Å². The van der Waals surface area contributed by atoms with Crippen LogP contribution in [0.1, 0.15) is 12.0 Å². The summed E-state index contributed by atoms with van der Waals surface area (Å²) in [7, 11) is 0. The van der Waals surface area contributed by atoms with E-state index in [0.29, 0.717) is 12.5 Å². The van der Waals surface area contributed by atoms with Gasteiger partial charge in [-0.3, -0.25) is 9.88 Å².